The van der Waals surface area contributed by atoms with Crippen molar-refractivity contribution in [3.8, 4) is 6.07 Å². The van der Waals surface area contributed by atoms with Crippen LogP contribution in [0.2, 0.25) is 5.02 Å². The lowest BCUT2D eigenvalue weighted by Gasteiger charge is -2.54. The van der Waals surface area contributed by atoms with Gasteiger partial charge in [0.05, 0.1) is 6.07 Å². The first kappa shape index (κ1) is 20.1. The van der Waals surface area contributed by atoms with E-state index in [0.717, 1.165) is 11.8 Å². The Morgan fingerprint density at radius 3 is 2.28 bits per heavy atom. The van der Waals surface area contributed by atoms with E-state index in [1.165, 1.54) is 32.1 Å². The largest absolute Gasteiger partial charge is 0.375 e. The zero-order valence-corrected chi connectivity index (χ0v) is 17.5. The third-order valence-corrected chi connectivity index (χ3v) is 6.99. The minimum Gasteiger partial charge on any atom is -0.375 e. The Morgan fingerprint density at radius 2 is 1.76 bits per heavy atom. The van der Waals surface area contributed by atoms with Gasteiger partial charge in [-0.2, -0.15) is 10.4 Å². The molecule has 152 valence electrons. The summed E-state index contributed by atoms with van der Waals surface area (Å²) in [6.07, 6.45) is 6.11. The highest BCUT2D eigenvalue weighted by Gasteiger charge is 2.49. The number of nitrogens with zero attached hydrogens (tertiary/aromatic N) is 2. The molecular weight excluding hydrogens is 406 g/mol. The van der Waals surface area contributed by atoms with Gasteiger partial charge in [0.1, 0.15) is 11.6 Å². The first-order valence-corrected chi connectivity index (χ1v) is 10.8. The van der Waals surface area contributed by atoms with E-state index >= 15 is 0 Å². The summed E-state index contributed by atoms with van der Waals surface area (Å²) in [7, 11) is 0. The number of nitriles is 1. The third kappa shape index (κ3) is 4.24. The van der Waals surface area contributed by atoms with Crippen molar-refractivity contribution < 1.29 is 4.79 Å². The lowest BCUT2D eigenvalue weighted by molar-refractivity contribution is -0.118. The van der Waals surface area contributed by atoms with Gasteiger partial charge >= 0.3 is 0 Å². The van der Waals surface area contributed by atoms with Gasteiger partial charge in [-0.25, -0.2) is 0 Å². The first-order valence-electron chi connectivity index (χ1n) is 10.0. The van der Waals surface area contributed by atoms with E-state index in [2.05, 4.69) is 21.9 Å². The zero-order chi connectivity index (χ0) is 20.5. The summed E-state index contributed by atoms with van der Waals surface area (Å²) in [5.41, 5.74) is 8.69. The Kier molecular flexibility index (Phi) is 5.75. The molecular formula is C21H24ClN5OS. The summed E-state index contributed by atoms with van der Waals surface area (Å²) in [6, 6.07) is 9.16. The molecule has 6 nitrogen and oxygen atoms in total. The van der Waals surface area contributed by atoms with Gasteiger partial charge in [0, 0.05) is 11.1 Å². The maximum atomic E-state index is 13.2. The Morgan fingerprint density at radius 1 is 1.17 bits per heavy atom. The van der Waals surface area contributed by atoms with Crippen LogP contribution in [0.15, 0.2) is 29.4 Å². The van der Waals surface area contributed by atoms with Crippen molar-refractivity contribution in [3.63, 3.8) is 0 Å². The molecule has 0 spiro atoms. The highest BCUT2D eigenvalue weighted by molar-refractivity contribution is 7.80. The van der Waals surface area contributed by atoms with Crippen LogP contribution in [0.5, 0.6) is 0 Å². The average molecular weight is 430 g/mol. The molecule has 4 aliphatic carbocycles. The number of amides is 1. The molecule has 0 saturated heterocycles. The molecule has 8 heteroatoms. The third-order valence-electron chi connectivity index (χ3n) is 6.65. The van der Waals surface area contributed by atoms with Gasteiger partial charge in [0.15, 0.2) is 5.11 Å². The highest BCUT2D eigenvalue weighted by atomic mass is 35.5. The molecule has 4 aliphatic rings. The standard InChI is InChI=1S/C21H24ClN5OS/c22-16-3-1-13(2-4-16)17(10-23)19(26-27-21(24)29)20(28)25-18-14-6-11-5-12(8-14)9-15(18)7-11/h1-4,11-12,14-15,17-18H,5-9H2,(H,25,28)(H3,24,27,29). The number of hydrazone groups is 1. The fraction of sp³-hybridized carbons (Fsp3) is 0.524. The van der Waals surface area contributed by atoms with Crippen LogP contribution in [-0.4, -0.2) is 22.8 Å². The number of hydrogen-bond donors (Lipinski definition) is 3. The number of nitrogens with two attached hydrogens (primary N) is 1. The van der Waals surface area contributed by atoms with Gasteiger partial charge in [0.2, 0.25) is 0 Å². The van der Waals surface area contributed by atoms with Crippen molar-refractivity contribution >= 4 is 40.6 Å². The number of carbonyl (C=O) groups excluding carboxylic acids is 1. The summed E-state index contributed by atoms with van der Waals surface area (Å²) >= 11 is 10.8. The molecule has 4 N–H and O–H groups in total. The minimum atomic E-state index is -0.856. The number of carbonyl (C=O) groups is 1. The quantitative estimate of drug-likeness (QED) is 0.379. The predicted octanol–water partition coefficient (Wildman–Crippen LogP) is 3.08. The molecule has 4 saturated carbocycles. The number of halogens is 1. The second-order valence-corrected chi connectivity index (χ2v) is 9.39. The maximum absolute atomic E-state index is 13.2. The van der Waals surface area contributed by atoms with Crippen molar-refractivity contribution in [2.24, 2.45) is 34.5 Å². The Bertz CT molecular complexity index is 850. The number of rotatable bonds is 5. The maximum Gasteiger partial charge on any atom is 0.269 e. The van der Waals surface area contributed by atoms with Crippen LogP contribution in [0.3, 0.4) is 0 Å². The Balaban J connectivity index is 1.57. The molecule has 1 unspecified atom stereocenters. The Hall–Kier alpha value is -2.17. The zero-order valence-electron chi connectivity index (χ0n) is 16.0. The van der Waals surface area contributed by atoms with Crippen LogP contribution in [-0.2, 0) is 4.79 Å². The van der Waals surface area contributed by atoms with Gasteiger partial charge < -0.3 is 11.1 Å². The van der Waals surface area contributed by atoms with Crippen molar-refractivity contribution in [3.05, 3.63) is 34.9 Å². The number of benzene rings is 1. The van der Waals surface area contributed by atoms with Crippen molar-refractivity contribution in [1.29, 1.82) is 5.26 Å². The topological polar surface area (TPSA) is 103 Å². The fourth-order valence-corrected chi connectivity index (χ4v) is 5.87. The van der Waals surface area contributed by atoms with Gasteiger partial charge in [-0.3, -0.25) is 10.2 Å². The first-order chi connectivity index (χ1) is 13.9. The van der Waals surface area contributed by atoms with E-state index in [1.54, 1.807) is 24.3 Å². The molecule has 5 rings (SSSR count). The molecule has 0 aliphatic heterocycles. The van der Waals surface area contributed by atoms with Crippen molar-refractivity contribution in [2.45, 2.75) is 44.1 Å². The number of thiocarbonyl (C=S) groups is 1. The monoisotopic (exact) mass is 429 g/mol. The van der Waals surface area contributed by atoms with E-state index in [9.17, 15) is 10.1 Å². The molecule has 0 heterocycles. The number of hydrogen-bond acceptors (Lipinski definition) is 4. The van der Waals surface area contributed by atoms with Crippen LogP contribution in [0.4, 0.5) is 0 Å². The Labute approximate surface area is 180 Å². The van der Waals surface area contributed by atoms with Gasteiger partial charge in [-0.15, -0.1) is 0 Å². The molecule has 4 bridgehead atoms. The minimum absolute atomic E-state index is 0.0577. The van der Waals surface area contributed by atoms with Gasteiger partial charge in [0.25, 0.3) is 5.91 Å². The second-order valence-electron chi connectivity index (χ2n) is 8.52. The summed E-state index contributed by atoms with van der Waals surface area (Å²) in [5, 5.41) is 17.6. The van der Waals surface area contributed by atoms with Crippen LogP contribution in [0.25, 0.3) is 0 Å². The van der Waals surface area contributed by atoms with E-state index < -0.39 is 5.92 Å². The highest BCUT2D eigenvalue weighted by Crippen LogP contribution is 2.53. The van der Waals surface area contributed by atoms with Gasteiger partial charge in [-0.1, -0.05) is 23.7 Å². The molecule has 0 radical (unpaired) electrons. The lowest BCUT2D eigenvalue weighted by atomic mass is 9.54. The fourth-order valence-electron chi connectivity index (χ4n) is 5.70. The second kappa shape index (κ2) is 8.29. The van der Waals surface area contributed by atoms with Crippen molar-refractivity contribution in [2.75, 3.05) is 0 Å². The van der Waals surface area contributed by atoms with E-state index in [4.69, 9.17) is 29.6 Å². The summed E-state index contributed by atoms with van der Waals surface area (Å²) in [5.74, 6) is 1.48. The van der Waals surface area contributed by atoms with E-state index in [1.807, 2.05) is 0 Å². The smallest absolute Gasteiger partial charge is 0.269 e. The predicted molar refractivity (Wildman–Crippen MR) is 116 cm³/mol. The van der Waals surface area contributed by atoms with E-state index in [-0.39, 0.29) is 22.8 Å². The summed E-state index contributed by atoms with van der Waals surface area (Å²) in [4.78, 5) is 13.2. The molecule has 1 aromatic rings. The summed E-state index contributed by atoms with van der Waals surface area (Å²) < 4.78 is 0. The molecule has 4 fully saturated rings. The lowest BCUT2D eigenvalue weighted by Crippen LogP contribution is -2.57. The van der Waals surface area contributed by atoms with Crippen LogP contribution >= 0.6 is 23.8 Å². The van der Waals surface area contributed by atoms with E-state index in [0.29, 0.717) is 22.4 Å². The summed E-state index contributed by atoms with van der Waals surface area (Å²) in [6.45, 7) is 0. The van der Waals surface area contributed by atoms with Crippen LogP contribution in [0.1, 0.15) is 43.6 Å². The normalized spacial score (nSPS) is 31.0. The molecule has 29 heavy (non-hydrogen) atoms. The molecule has 1 atom stereocenters. The van der Waals surface area contributed by atoms with Gasteiger partial charge in [-0.05, 0) is 85.7 Å². The molecule has 1 aromatic carbocycles. The molecule has 1 amide bonds. The van der Waals surface area contributed by atoms with Crippen LogP contribution < -0.4 is 16.5 Å². The number of nitrogens with one attached hydrogen (secondary N) is 2. The average Bonchev–Trinajstić information content (AvgIpc) is 2.68. The van der Waals surface area contributed by atoms with Crippen LogP contribution in [0, 0.1) is 35.0 Å². The SMILES string of the molecule is N#CC(C(=NNC(N)=S)C(=O)NC1C2CC3CC(C2)CC1C3)c1ccc(Cl)cc1. The molecule has 0 aromatic heterocycles. The van der Waals surface area contributed by atoms with Crippen molar-refractivity contribution in [1.82, 2.24) is 10.7 Å².